The van der Waals surface area contributed by atoms with Crippen LogP contribution in [0.25, 0.3) is 0 Å². The average molecular weight is 355 g/mol. The number of rotatable bonds is 5. The maximum Gasteiger partial charge on any atom is 0.253 e. The van der Waals surface area contributed by atoms with Crippen molar-refractivity contribution in [2.45, 2.75) is 58.6 Å². The molecule has 26 heavy (non-hydrogen) atoms. The number of carbonyl (C=O) groups is 1. The van der Waals surface area contributed by atoms with Crippen molar-refractivity contribution in [3.63, 3.8) is 0 Å². The molecule has 1 fully saturated rings. The Labute approximate surface area is 155 Å². The Hall–Kier alpha value is -2.14. The van der Waals surface area contributed by atoms with Gasteiger partial charge in [0.05, 0.1) is 17.3 Å². The van der Waals surface area contributed by atoms with Crippen molar-refractivity contribution in [2.24, 2.45) is 0 Å². The van der Waals surface area contributed by atoms with Gasteiger partial charge in [-0.3, -0.25) is 9.48 Å². The van der Waals surface area contributed by atoms with Crippen LogP contribution >= 0.6 is 0 Å². The lowest BCUT2D eigenvalue weighted by Gasteiger charge is -2.18. The van der Waals surface area contributed by atoms with Crippen LogP contribution in [0.1, 0.15) is 60.0 Å². The summed E-state index contributed by atoms with van der Waals surface area (Å²) in [6, 6.07) is 10.1. The Morgan fingerprint density at radius 2 is 1.96 bits per heavy atom. The summed E-state index contributed by atoms with van der Waals surface area (Å²) in [6.45, 7) is 9.18. The van der Waals surface area contributed by atoms with Gasteiger partial charge in [-0.1, -0.05) is 12.1 Å². The number of hydrogen-bond acceptors (Lipinski definition) is 3. The van der Waals surface area contributed by atoms with Crippen LogP contribution in [-0.4, -0.2) is 44.4 Å². The Balaban J connectivity index is 1.62. The summed E-state index contributed by atoms with van der Waals surface area (Å²) in [5, 5.41) is 14.4. The number of nitrogens with zero attached hydrogens (tertiary/aromatic N) is 3. The second-order valence-corrected chi connectivity index (χ2v) is 8.07. The molecule has 5 heteroatoms. The molecule has 2 heterocycles. The van der Waals surface area contributed by atoms with E-state index >= 15 is 0 Å². The molecular formula is C21H29N3O2. The topological polar surface area (TPSA) is 58.4 Å². The van der Waals surface area contributed by atoms with Crippen LogP contribution < -0.4 is 0 Å². The number of hydrogen-bond donors (Lipinski definition) is 1. The van der Waals surface area contributed by atoms with E-state index in [1.54, 1.807) is 0 Å². The van der Waals surface area contributed by atoms with E-state index in [1.807, 2.05) is 49.9 Å². The van der Waals surface area contributed by atoms with Crippen LogP contribution in [0.2, 0.25) is 0 Å². The Morgan fingerprint density at radius 3 is 2.54 bits per heavy atom. The Kier molecular flexibility index (Phi) is 5.19. The predicted octanol–water partition coefficient (Wildman–Crippen LogP) is 3.29. The van der Waals surface area contributed by atoms with E-state index in [2.05, 4.69) is 22.8 Å². The van der Waals surface area contributed by atoms with Crippen molar-refractivity contribution in [3.8, 4) is 0 Å². The second kappa shape index (κ2) is 7.23. The van der Waals surface area contributed by atoms with E-state index in [0.717, 1.165) is 41.9 Å². The predicted molar refractivity (Wildman–Crippen MR) is 102 cm³/mol. The van der Waals surface area contributed by atoms with Gasteiger partial charge in [-0.25, -0.2) is 0 Å². The molecule has 1 aromatic carbocycles. The highest BCUT2D eigenvalue weighted by atomic mass is 16.3. The zero-order valence-electron chi connectivity index (χ0n) is 16.2. The lowest BCUT2D eigenvalue weighted by molar-refractivity contribution is 0.0713. The van der Waals surface area contributed by atoms with Crippen LogP contribution in [0, 0.1) is 13.8 Å². The summed E-state index contributed by atoms with van der Waals surface area (Å²) < 4.78 is 2.06. The van der Waals surface area contributed by atoms with Gasteiger partial charge in [0.25, 0.3) is 5.91 Å². The van der Waals surface area contributed by atoms with E-state index < -0.39 is 5.60 Å². The largest absolute Gasteiger partial charge is 0.390 e. The van der Waals surface area contributed by atoms with Gasteiger partial charge in [-0.2, -0.15) is 5.10 Å². The van der Waals surface area contributed by atoms with Gasteiger partial charge in [0.15, 0.2) is 0 Å². The summed E-state index contributed by atoms with van der Waals surface area (Å²) in [4.78, 5) is 14.7. The van der Waals surface area contributed by atoms with Gasteiger partial charge in [-0.05, 0) is 70.7 Å². The maximum atomic E-state index is 12.8. The number of aryl methyl sites for hydroxylation is 3. The third kappa shape index (κ3) is 4.33. The molecule has 1 aromatic heterocycles. The quantitative estimate of drug-likeness (QED) is 0.895. The monoisotopic (exact) mass is 355 g/mol. The minimum atomic E-state index is -0.665. The first-order chi connectivity index (χ1) is 12.2. The fourth-order valence-corrected chi connectivity index (χ4v) is 3.59. The van der Waals surface area contributed by atoms with Crippen molar-refractivity contribution >= 4 is 5.91 Å². The van der Waals surface area contributed by atoms with E-state index in [1.165, 1.54) is 0 Å². The van der Waals surface area contributed by atoms with Crippen LogP contribution in [-0.2, 0) is 6.42 Å². The van der Waals surface area contributed by atoms with Gasteiger partial charge in [0, 0.05) is 24.3 Å². The van der Waals surface area contributed by atoms with Crippen LogP contribution in [0.3, 0.4) is 0 Å². The first kappa shape index (κ1) is 18.6. The number of carbonyl (C=O) groups excluding carboxylic acids is 1. The summed E-state index contributed by atoms with van der Waals surface area (Å²) in [6.07, 6.45) is 2.45. The van der Waals surface area contributed by atoms with Gasteiger partial charge in [0.1, 0.15) is 0 Å². The normalized spacial score (nSPS) is 17.7. The third-order valence-electron chi connectivity index (χ3n) is 5.07. The minimum Gasteiger partial charge on any atom is -0.390 e. The molecular weight excluding hydrogens is 326 g/mol. The first-order valence-corrected chi connectivity index (χ1v) is 9.36. The van der Waals surface area contributed by atoms with Crippen molar-refractivity contribution in [1.82, 2.24) is 14.7 Å². The smallest absolute Gasteiger partial charge is 0.253 e. The molecule has 1 saturated heterocycles. The molecule has 1 atom stereocenters. The number of likely N-dealkylation sites (tertiary alicyclic amines) is 1. The van der Waals surface area contributed by atoms with Gasteiger partial charge in [0.2, 0.25) is 0 Å². The molecule has 0 aliphatic carbocycles. The highest BCUT2D eigenvalue weighted by molar-refractivity contribution is 5.94. The van der Waals surface area contributed by atoms with Crippen LogP contribution in [0.5, 0.6) is 0 Å². The summed E-state index contributed by atoms with van der Waals surface area (Å²) in [5.41, 5.74) is 3.38. The number of amides is 1. The fraction of sp³-hybridized carbons (Fsp3) is 0.524. The standard InChI is InChI=1S/C21H29N3O2/c1-15-13-16(2)24(22-15)19-10-12-23(14-19)20(25)18-7-5-17(6-8-18)9-11-21(3,4)26/h5-8,13,19,26H,9-12,14H2,1-4H3/t19-/m1/s1. The Morgan fingerprint density at radius 1 is 1.27 bits per heavy atom. The molecule has 0 radical (unpaired) electrons. The van der Waals surface area contributed by atoms with Crippen molar-refractivity contribution in [3.05, 3.63) is 52.8 Å². The average Bonchev–Trinajstić information content (AvgIpc) is 3.18. The molecule has 5 nitrogen and oxygen atoms in total. The van der Waals surface area contributed by atoms with E-state index in [4.69, 9.17) is 0 Å². The van der Waals surface area contributed by atoms with Gasteiger partial charge < -0.3 is 10.0 Å². The highest BCUT2D eigenvalue weighted by Crippen LogP contribution is 2.24. The summed E-state index contributed by atoms with van der Waals surface area (Å²) in [5.74, 6) is 0.0862. The zero-order valence-corrected chi connectivity index (χ0v) is 16.2. The van der Waals surface area contributed by atoms with Gasteiger partial charge in [-0.15, -0.1) is 0 Å². The molecule has 1 amide bonds. The van der Waals surface area contributed by atoms with Gasteiger partial charge >= 0.3 is 0 Å². The number of aromatic nitrogens is 2. The van der Waals surface area contributed by atoms with Crippen molar-refractivity contribution in [2.75, 3.05) is 13.1 Å². The SMILES string of the molecule is Cc1cc(C)n([C@@H]2CCN(C(=O)c3ccc(CCC(C)(C)O)cc3)C2)n1. The third-order valence-corrected chi connectivity index (χ3v) is 5.07. The molecule has 1 aliphatic rings. The van der Waals surface area contributed by atoms with Crippen LogP contribution in [0.4, 0.5) is 0 Å². The molecule has 140 valence electrons. The molecule has 0 saturated carbocycles. The molecule has 1 aliphatic heterocycles. The zero-order chi connectivity index (χ0) is 18.9. The molecule has 0 bridgehead atoms. The molecule has 1 N–H and O–H groups in total. The molecule has 3 rings (SSSR count). The molecule has 0 spiro atoms. The van der Waals surface area contributed by atoms with E-state index in [0.29, 0.717) is 13.0 Å². The Bertz CT molecular complexity index is 772. The number of aliphatic hydroxyl groups is 1. The first-order valence-electron chi connectivity index (χ1n) is 9.36. The minimum absolute atomic E-state index is 0.0862. The van der Waals surface area contributed by atoms with E-state index in [9.17, 15) is 9.90 Å². The molecule has 0 unspecified atom stereocenters. The number of benzene rings is 1. The molecule has 2 aromatic rings. The highest BCUT2D eigenvalue weighted by Gasteiger charge is 2.29. The lowest BCUT2D eigenvalue weighted by Crippen LogP contribution is -2.29. The summed E-state index contributed by atoms with van der Waals surface area (Å²) in [7, 11) is 0. The van der Waals surface area contributed by atoms with Crippen LogP contribution in [0.15, 0.2) is 30.3 Å². The summed E-state index contributed by atoms with van der Waals surface area (Å²) >= 11 is 0. The fourth-order valence-electron chi connectivity index (χ4n) is 3.59. The second-order valence-electron chi connectivity index (χ2n) is 8.07. The maximum absolute atomic E-state index is 12.8. The lowest BCUT2D eigenvalue weighted by atomic mass is 9.98. The van der Waals surface area contributed by atoms with Crippen molar-refractivity contribution in [1.29, 1.82) is 0 Å². The van der Waals surface area contributed by atoms with Crippen molar-refractivity contribution < 1.29 is 9.90 Å². The van der Waals surface area contributed by atoms with E-state index in [-0.39, 0.29) is 11.9 Å².